The van der Waals surface area contributed by atoms with Crippen molar-refractivity contribution in [1.82, 2.24) is 0 Å². The van der Waals surface area contributed by atoms with E-state index < -0.39 is 15.2 Å². The van der Waals surface area contributed by atoms with Crippen molar-refractivity contribution in [3.8, 4) is 22.6 Å². The maximum atomic E-state index is 5.98. The van der Waals surface area contributed by atoms with Gasteiger partial charge in [-0.25, -0.2) is 0 Å². The molecule has 2 aliphatic rings. The Morgan fingerprint density at radius 2 is 1.25 bits per heavy atom. The molecule has 0 saturated carbocycles. The Balaban J connectivity index is 2.18. The summed E-state index contributed by atoms with van der Waals surface area (Å²) < 4.78 is 11.8. The van der Waals surface area contributed by atoms with Crippen molar-refractivity contribution in [1.29, 1.82) is 0 Å². The summed E-state index contributed by atoms with van der Waals surface area (Å²) in [6.07, 6.45) is 0. The molecule has 0 radical (unpaired) electrons. The molecule has 0 saturated heterocycles. The van der Waals surface area contributed by atoms with Crippen LogP contribution in [0.15, 0.2) is 18.2 Å². The first kappa shape index (κ1) is 16.0. The average Bonchev–Trinajstić information content (AvgIpc) is 2.98. The zero-order valence-corrected chi connectivity index (χ0v) is 17.8. The minimum absolute atomic E-state index is 0.343. The van der Waals surface area contributed by atoms with Crippen molar-refractivity contribution in [3.05, 3.63) is 34.9 Å². The van der Waals surface area contributed by atoms with Crippen LogP contribution in [-0.2, 0) is 0 Å². The molecule has 0 amide bonds. The van der Waals surface area contributed by atoms with Gasteiger partial charge in [-0.2, -0.15) is 0 Å². The van der Waals surface area contributed by atoms with Crippen LogP contribution in [-0.4, -0.2) is 22.0 Å². The first-order valence-corrected chi connectivity index (χ1v) is 15.7. The number of rotatable bonds is 0. The highest BCUT2D eigenvalue weighted by Crippen LogP contribution is 2.46. The second-order valence-corrected chi connectivity index (χ2v) is 23.5. The minimum atomic E-state index is -1.60. The molecule has 0 bridgehead atoms. The van der Waals surface area contributed by atoms with Gasteiger partial charge in [0.25, 0.3) is 0 Å². The lowest BCUT2D eigenvalue weighted by molar-refractivity contribution is 0.174. The van der Waals surface area contributed by atoms with E-state index in [-0.39, 0.29) is 0 Å². The molecule has 0 atom stereocenters. The molecule has 2 aliphatic heterocycles. The van der Waals surface area contributed by atoms with E-state index in [1.54, 1.807) is 10.4 Å². The van der Waals surface area contributed by atoms with Crippen molar-refractivity contribution in [2.45, 2.75) is 47.0 Å². The van der Waals surface area contributed by atoms with E-state index in [4.69, 9.17) is 9.47 Å². The predicted octanol–water partition coefficient (Wildman–Crippen LogP) is 3.93. The standard InChI is InChI=1S/C20H26O2Si2/c1-12-8-15-16(9-13(12)2)23(4,5)24(6,7)17-10-14(3)19-20(18(15)17)22-11-21-19/h8-10H,11H2,1-7H3. The topological polar surface area (TPSA) is 18.5 Å². The van der Waals surface area contributed by atoms with Crippen LogP contribution >= 0.6 is 0 Å². The maximum absolute atomic E-state index is 5.98. The SMILES string of the molecule is Cc1cc2c(cc1C)[Si](C)(C)[Si](C)(C)c1cc(C)c3c(c1-2)OCO3. The Labute approximate surface area is 146 Å². The van der Waals surface area contributed by atoms with Crippen molar-refractivity contribution in [2.24, 2.45) is 0 Å². The van der Waals surface area contributed by atoms with E-state index >= 15 is 0 Å². The van der Waals surface area contributed by atoms with Crippen LogP contribution in [0.25, 0.3) is 11.1 Å². The summed E-state index contributed by atoms with van der Waals surface area (Å²) in [7, 11) is -3.16. The van der Waals surface area contributed by atoms with Crippen molar-refractivity contribution < 1.29 is 9.47 Å². The van der Waals surface area contributed by atoms with Crippen molar-refractivity contribution >= 4 is 25.6 Å². The molecule has 4 heteroatoms. The van der Waals surface area contributed by atoms with Gasteiger partial charge in [-0.1, -0.05) is 54.8 Å². The molecule has 24 heavy (non-hydrogen) atoms. The average molecular weight is 355 g/mol. The molecule has 0 aliphatic carbocycles. The Morgan fingerprint density at radius 3 is 1.96 bits per heavy atom. The molecule has 2 aromatic rings. The third kappa shape index (κ3) is 1.81. The Kier molecular flexibility index (Phi) is 3.17. The molecule has 2 aromatic carbocycles. The maximum Gasteiger partial charge on any atom is 0.231 e. The van der Waals surface area contributed by atoms with Gasteiger partial charge < -0.3 is 9.47 Å². The van der Waals surface area contributed by atoms with Gasteiger partial charge in [0.05, 0.1) is 15.2 Å². The molecule has 2 nitrogen and oxygen atoms in total. The second-order valence-electron chi connectivity index (χ2n) is 8.41. The zero-order valence-electron chi connectivity index (χ0n) is 15.8. The lowest BCUT2D eigenvalue weighted by atomic mass is 9.97. The molecule has 0 spiro atoms. The summed E-state index contributed by atoms with van der Waals surface area (Å²) in [5, 5.41) is 3.17. The quantitative estimate of drug-likeness (QED) is 0.667. The highest BCUT2D eigenvalue weighted by atomic mass is 29.3. The fraction of sp³-hybridized carbons (Fsp3) is 0.400. The smallest absolute Gasteiger partial charge is 0.231 e. The molecule has 0 N–H and O–H groups in total. The Bertz CT molecular complexity index is 882. The highest BCUT2D eigenvalue weighted by Gasteiger charge is 2.51. The van der Waals surface area contributed by atoms with Gasteiger partial charge in [0.1, 0.15) is 0 Å². The van der Waals surface area contributed by atoms with Crippen LogP contribution in [0, 0.1) is 20.8 Å². The van der Waals surface area contributed by atoms with E-state index in [1.165, 1.54) is 27.8 Å². The number of ether oxygens (including phenoxy) is 2. The molecule has 126 valence electrons. The fourth-order valence-electron chi connectivity index (χ4n) is 4.21. The third-order valence-corrected chi connectivity index (χ3v) is 24.3. The van der Waals surface area contributed by atoms with Crippen LogP contribution in [0.3, 0.4) is 0 Å². The number of hydrogen-bond acceptors (Lipinski definition) is 2. The molecule has 0 aromatic heterocycles. The lowest BCUT2D eigenvalue weighted by Gasteiger charge is -2.46. The summed E-state index contributed by atoms with van der Waals surface area (Å²) in [6, 6.07) is 7.26. The molecule has 4 rings (SSSR count). The first-order valence-electron chi connectivity index (χ1n) is 8.72. The zero-order chi connectivity index (χ0) is 17.4. The van der Waals surface area contributed by atoms with E-state index in [0.29, 0.717) is 6.79 Å². The van der Waals surface area contributed by atoms with Gasteiger partial charge >= 0.3 is 0 Å². The van der Waals surface area contributed by atoms with Crippen molar-refractivity contribution in [3.63, 3.8) is 0 Å². The third-order valence-electron chi connectivity index (χ3n) is 6.64. The minimum Gasteiger partial charge on any atom is -0.453 e. The molecule has 2 heterocycles. The largest absolute Gasteiger partial charge is 0.453 e. The van der Waals surface area contributed by atoms with Gasteiger partial charge in [-0.3, -0.25) is 0 Å². The van der Waals surface area contributed by atoms with Crippen LogP contribution in [0.2, 0.25) is 26.2 Å². The fourth-order valence-corrected chi connectivity index (χ4v) is 13.7. The van der Waals surface area contributed by atoms with Gasteiger partial charge in [-0.05, 0) is 43.0 Å². The molecule has 0 unspecified atom stereocenters. The summed E-state index contributed by atoms with van der Waals surface area (Å²) in [6.45, 7) is 17.2. The molecule has 0 fully saturated rings. The normalized spacial score (nSPS) is 19.0. The predicted molar refractivity (Wildman–Crippen MR) is 106 cm³/mol. The highest BCUT2D eigenvalue weighted by molar-refractivity contribution is 7.51. The number of benzene rings is 2. The summed E-state index contributed by atoms with van der Waals surface area (Å²) in [5.41, 5.74) is 6.72. The molecular formula is C20H26O2Si2. The summed E-state index contributed by atoms with van der Waals surface area (Å²) in [4.78, 5) is 0. The van der Waals surface area contributed by atoms with Crippen LogP contribution in [0.5, 0.6) is 11.5 Å². The van der Waals surface area contributed by atoms with E-state index in [0.717, 1.165) is 11.5 Å². The summed E-state index contributed by atoms with van der Waals surface area (Å²) >= 11 is 0. The Morgan fingerprint density at radius 1 is 0.708 bits per heavy atom. The number of hydrogen-bond donors (Lipinski definition) is 0. The van der Waals surface area contributed by atoms with E-state index in [9.17, 15) is 0 Å². The van der Waals surface area contributed by atoms with Crippen LogP contribution < -0.4 is 19.8 Å². The lowest BCUT2D eigenvalue weighted by Crippen LogP contribution is -2.72. The van der Waals surface area contributed by atoms with Crippen LogP contribution in [0.1, 0.15) is 16.7 Å². The van der Waals surface area contributed by atoms with Gasteiger partial charge in [-0.15, -0.1) is 0 Å². The monoisotopic (exact) mass is 354 g/mol. The van der Waals surface area contributed by atoms with Crippen LogP contribution in [0.4, 0.5) is 0 Å². The van der Waals surface area contributed by atoms with E-state index in [1.807, 2.05) is 0 Å². The van der Waals surface area contributed by atoms with Crippen molar-refractivity contribution in [2.75, 3.05) is 6.79 Å². The van der Waals surface area contributed by atoms with Gasteiger partial charge in [0, 0.05) is 5.56 Å². The van der Waals surface area contributed by atoms with Gasteiger partial charge in [0.15, 0.2) is 11.5 Å². The summed E-state index contributed by atoms with van der Waals surface area (Å²) in [5.74, 6) is 1.93. The number of fused-ring (bicyclic) bond motifs is 5. The molecular weight excluding hydrogens is 328 g/mol. The van der Waals surface area contributed by atoms with E-state index in [2.05, 4.69) is 65.2 Å². The number of aryl methyl sites for hydroxylation is 3. The first-order chi connectivity index (χ1) is 11.2. The second kappa shape index (κ2) is 4.76. The Hall–Kier alpha value is -1.53. The van der Waals surface area contributed by atoms with Gasteiger partial charge in [0.2, 0.25) is 6.79 Å².